The van der Waals surface area contributed by atoms with Gasteiger partial charge in [0.2, 0.25) is 0 Å². The molecule has 1 heterocycles. The summed E-state index contributed by atoms with van der Waals surface area (Å²) in [6.07, 6.45) is 5.52. The molecule has 1 saturated heterocycles. The minimum atomic E-state index is 0.497. The predicted octanol–water partition coefficient (Wildman–Crippen LogP) is 4.86. The molecule has 1 aromatic rings. The smallest absolute Gasteiger partial charge is 0.0406 e. The van der Waals surface area contributed by atoms with E-state index in [1.54, 1.807) is 0 Å². The second-order valence-corrected chi connectivity index (χ2v) is 7.52. The molecule has 4 unspecified atom stereocenters. The normalized spacial score (nSPS) is 38.0. The number of piperidine rings is 1. The van der Waals surface area contributed by atoms with E-state index in [0.717, 1.165) is 23.4 Å². The van der Waals surface area contributed by atoms with Crippen LogP contribution in [0.1, 0.15) is 51.0 Å². The van der Waals surface area contributed by atoms with Crippen LogP contribution in [0, 0.1) is 17.3 Å². The van der Waals surface area contributed by atoms with E-state index in [4.69, 9.17) is 11.6 Å². The van der Waals surface area contributed by atoms with Gasteiger partial charge in [0.15, 0.2) is 0 Å². The lowest BCUT2D eigenvalue weighted by Gasteiger charge is -2.53. The number of rotatable bonds is 1. The average Bonchev–Trinajstić information content (AvgIpc) is 2.45. The van der Waals surface area contributed by atoms with E-state index in [-0.39, 0.29) is 0 Å². The summed E-state index contributed by atoms with van der Waals surface area (Å²) in [6, 6.07) is 8.59. The summed E-state index contributed by atoms with van der Waals surface area (Å²) in [6.45, 7) is 7.23. The van der Waals surface area contributed by atoms with Crippen LogP contribution in [0.15, 0.2) is 24.3 Å². The van der Waals surface area contributed by atoms with E-state index in [1.165, 1.54) is 37.8 Å². The van der Waals surface area contributed by atoms with Gasteiger partial charge in [-0.1, -0.05) is 44.0 Å². The first-order valence-corrected chi connectivity index (χ1v) is 8.46. The van der Waals surface area contributed by atoms with Crippen molar-refractivity contribution in [2.24, 2.45) is 17.3 Å². The zero-order chi connectivity index (χ0) is 14.2. The van der Waals surface area contributed by atoms with Crippen molar-refractivity contribution < 1.29 is 0 Å². The van der Waals surface area contributed by atoms with Gasteiger partial charge in [-0.05, 0) is 60.8 Å². The lowest BCUT2D eigenvalue weighted by Crippen LogP contribution is -2.49. The molecule has 0 radical (unpaired) electrons. The monoisotopic (exact) mass is 291 g/mol. The van der Waals surface area contributed by atoms with Gasteiger partial charge in [-0.15, -0.1) is 0 Å². The number of hydrogen-bond donors (Lipinski definition) is 1. The average molecular weight is 292 g/mol. The largest absolute Gasteiger partial charge is 0.316 e. The Balaban J connectivity index is 1.95. The molecule has 1 nitrogen and oxygen atoms in total. The van der Waals surface area contributed by atoms with Crippen LogP contribution in [0.2, 0.25) is 5.02 Å². The van der Waals surface area contributed by atoms with Gasteiger partial charge >= 0.3 is 0 Å². The number of nitrogens with one attached hydrogen (secondary N) is 1. The van der Waals surface area contributed by atoms with Gasteiger partial charge in [-0.2, -0.15) is 0 Å². The first kappa shape index (κ1) is 14.4. The highest BCUT2D eigenvalue weighted by molar-refractivity contribution is 6.30. The van der Waals surface area contributed by atoms with Crippen molar-refractivity contribution in [3.05, 3.63) is 34.9 Å². The van der Waals surface area contributed by atoms with Gasteiger partial charge in [-0.25, -0.2) is 0 Å². The molecule has 1 N–H and O–H groups in total. The Morgan fingerprint density at radius 1 is 1.15 bits per heavy atom. The standard InChI is InChI=1S/C18H26ClN/c1-13-3-4-14(2)18(11-13)9-10-20-12-17(18)15-5-7-16(19)8-6-15/h5-8,13-14,17,20H,3-4,9-12H2,1-2H3. The number of halogens is 1. The third kappa shape index (κ3) is 2.51. The summed E-state index contributed by atoms with van der Waals surface area (Å²) in [4.78, 5) is 0. The van der Waals surface area contributed by atoms with Crippen LogP contribution in [0.3, 0.4) is 0 Å². The van der Waals surface area contributed by atoms with E-state index in [0.29, 0.717) is 11.3 Å². The molecule has 0 aromatic heterocycles. The summed E-state index contributed by atoms with van der Waals surface area (Å²) in [7, 11) is 0. The predicted molar refractivity (Wildman–Crippen MR) is 86.3 cm³/mol. The van der Waals surface area contributed by atoms with Crippen molar-refractivity contribution in [3.63, 3.8) is 0 Å². The molecule has 2 fully saturated rings. The van der Waals surface area contributed by atoms with Gasteiger partial charge in [-0.3, -0.25) is 0 Å². The Hall–Kier alpha value is -0.530. The topological polar surface area (TPSA) is 12.0 Å². The van der Waals surface area contributed by atoms with Gasteiger partial charge < -0.3 is 5.32 Å². The zero-order valence-corrected chi connectivity index (χ0v) is 13.4. The van der Waals surface area contributed by atoms with E-state index in [1.807, 2.05) is 0 Å². The Bertz CT molecular complexity index is 455. The molecule has 0 bridgehead atoms. The van der Waals surface area contributed by atoms with Crippen LogP contribution >= 0.6 is 11.6 Å². The van der Waals surface area contributed by atoms with Gasteiger partial charge in [0.25, 0.3) is 0 Å². The van der Waals surface area contributed by atoms with Crippen molar-refractivity contribution >= 4 is 11.6 Å². The van der Waals surface area contributed by atoms with Crippen LogP contribution in [0.5, 0.6) is 0 Å². The molecule has 1 saturated carbocycles. The Kier molecular flexibility index (Phi) is 4.10. The third-order valence-corrected chi connectivity index (χ3v) is 6.14. The first-order chi connectivity index (χ1) is 9.62. The van der Waals surface area contributed by atoms with E-state index >= 15 is 0 Å². The minimum absolute atomic E-state index is 0.497. The summed E-state index contributed by atoms with van der Waals surface area (Å²) in [5.41, 5.74) is 1.97. The maximum absolute atomic E-state index is 6.06. The van der Waals surface area contributed by atoms with Crippen molar-refractivity contribution in [1.29, 1.82) is 0 Å². The molecule has 4 atom stereocenters. The highest BCUT2D eigenvalue weighted by Gasteiger charge is 2.47. The fourth-order valence-corrected chi connectivity index (χ4v) is 4.82. The highest BCUT2D eigenvalue weighted by atomic mass is 35.5. The Labute approximate surface area is 128 Å². The molecule has 110 valence electrons. The molecule has 0 amide bonds. The van der Waals surface area contributed by atoms with Crippen molar-refractivity contribution in [2.75, 3.05) is 13.1 Å². The lowest BCUT2D eigenvalue weighted by atomic mass is 9.54. The molecule has 1 spiro atoms. The molecular weight excluding hydrogens is 266 g/mol. The van der Waals surface area contributed by atoms with Crippen molar-refractivity contribution in [1.82, 2.24) is 5.32 Å². The summed E-state index contributed by atoms with van der Waals surface area (Å²) >= 11 is 6.06. The summed E-state index contributed by atoms with van der Waals surface area (Å²) in [5, 5.41) is 4.47. The fraction of sp³-hybridized carbons (Fsp3) is 0.667. The van der Waals surface area contributed by atoms with Gasteiger partial charge in [0.1, 0.15) is 0 Å². The maximum atomic E-state index is 6.06. The molecule has 2 aliphatic rings. The summed E-state index contributed by atoms with van der Waals surface area (Å²) in [5.74, 6) is 2.35. The van der Waals surface area contributed by atoms with Crippen LogP contribution in [0.4, 0.5) is 0 Å². The van der Waals surface area contributed by atoms with Crippen LogP contribution in [-0.2, 0) is 0 Å². The fourth-order valence-electron chi connectivity index (χ4n) is 4.70. The summed E-state index contributed by atoms with van der Waals surface area (Å²) < 4.78 is 0. The maximum Gasteiger partial charge on any atom is 0.0406 e. The van der Waals surface area contributed by atoms with E-state index in [2.05, 4.69) is 43.4 Å². The van der Waals surface area contributed by atoms with E-state index in [9.17, 15) is 0 Å². The van der Waals surface area contributed by atoms with Crippen molar-refractivity contribution in [2.45, 2.75) is 45.4 Å². The Morgan fingerprint density at radius 3 is 2.65 bits per heavy atom. The third-order valence-electron chi connectivity index (χ3n) is 5.88. The van der Waals surface area contributed by atoms with Crippen LogP contribution in [0.25, 0.3) is 0 Å². The lowest BCUT2D eigenvalue weighted by molar-refractivity contribution is 0.0184. The minimum Gasteiger partial charge on any atom is -0.316 e. The van der Waals surface area contributed by atoms with Gasteiger partial charge in [0, 0.05) is 17.5 Å². The quantitative estimate of drug-likeness (QED) is 0.779. The molecule has 1 aliphatic carbocycles. The molecule has 2 heteroatoms. The second kappa shape index (κ2) is 5.69. The molecule has 20 heavy (non-hydrogen) atoms. The number of benzene rings is 1. The zero-order valence-electron chi connectivity index (χ0n) is 12.7. The number of hydrogen-bond acceptors (Lipinski definition) is 1. The van der Waals surface area contributed by atoms with Crippen LogP contribution < -0.4 is 5.32 Å². The molecule has 3 rings (SSSR count). The van der Waals surface area contributed by atoms with Gasteiger partial charge in [0.05, 0.1) is 0 Å². The SMILES string of the molecule is CC1CCC(C)C2(CCNCC2c2ccc(Cl)cc2)C1. The van der Waals surface area contributed by atoms with Crippen molar-refractivity contribution in [3.8, 4) is 0 Å². The molecular formula is C18H26ClN. The first-order valence-electron chi connectivity index (χ1n) is 8.08. The molecule has 1 aromatic carbocycles. The Morgan fingerprint density at radius 2 is 1.90 bits per heavy atom. The van der Waals surface area contributed by atoms with E-state index < -0.39 is 0 Å². The van der Waals surface area contributed by atoms with Crippen LogP contribution in [-0.4, -0.2) is 13.1 Å². The molecule has 1 aliphatic heterocycles. The highest BCUT2D eigenvalue weighted by Crippen LogP contribution is 2.55. The second-order valence-electron chi connectivity index (χ2n) is 7.08.